The molecule has 3 nitrogen and oxygen atoms in total. The van der Waals surface area contributed by atoms with Crippen LogP contribution in [-0.4, -0.2) is 14.2 Å². The molecule has 0 aliphatic carbocycles. The Morgan fingerprint density at radius 1 is 1.71 bits per heavy atom. The molecule has 1 rings (SSSR count). The summed E-state index contributed by atoms with van der Waals surface area (Å²) in [6.45, 7) is 0. The van der Waals surface area contributed by atoms with Crippen molar-refractivity contribution in [1.82, 2.24) is 14.2 Å². The van der Waals surface area contributed by atoms with Crippen LogP contribution in [0.2, 0.25) is 0 Å². The van der Waals surface area contributed by atoms with Crippen LogP contribution in [0.5, 0.6) is 0 Å². The molecule has 0 amide bonds. The molecule has 1 heterocycles. The second-order valence-corrected chi connectivity index (χ2v) is 1.81. The molecule has 5 heteroatoms. The summed E-state index contributed by atoms with van der Waals surface area (Å²) in [4.78, 5) is 0. The number of aromatic nitrogens is 3. The molecule has 0 aromatic carbocycles. The Bertz CT molecular complexity index is 143. The third-order valence-corrected chi connectivity index (χ3v) is 1.27. The highest BCUT2D eigenvalue weighted by Crippen LogP contribution is 1.98. The highest BCUT2D eigenvalue weighted by Gasteiger charge is 1.88. The maximum Gasteiger partial charge on any atom is 0.197 e. The molecule has 0 radical (unpaired) electrons. The van der Waals surface area contributed by atoms with Crippen LogP contribution in [-0.2, 0) is 0 Å². The summed E-state index contributed by atoms with van der Waals surface area (Å²) in [6.07, 6.45) is 1.46. The lowest BCUT2D eigenvalue weighted by Crippen LogP contribution is -1.74. The Labute approximate surface area is 51.7 Å². The van der Waals surface area contributed by atoms with Crippen molar-refractivity contribution in [3.63, 3.8) is 0 Å². The van der Waals surface area contributed by atoms with Crippen LogP contribution in [0, 0.1) is 0 Å². The van der Waals surface area contributed by atoms with E-state index in [1.807, 2.05) is 0 Å². The molecule has 0 saturated carbocycles. The molecule has 0 atom stereocenters. The highest BCUT2D eigenvalue weighted by molar-refractivity contribution is 7.82. The molecule has 38 valence electrons. The highest BCUT2D eigenvalue weighted by atomic mass is 32.1. The third kappa shape index (κ3) is 0.889. The topological polar surface area (TPSA) is 30.7 Å². The predicted molar refractivity (Wildman–Crippen MR) is 31.7 cm³/mol. The molecular formula is C2H3N3S2. The average molecular weight is 133 g/mol. The van der Waals surface area contributed by atoms with Gasteiger partial charge >= 0.3 is 0 Å². The van der Waals surface area contributed by atoms with Crippen LogP contribution >= 0.6 is 25.4 Å². The summed E-state index contributed by atoms with van der Waals surface area (Å²) in [7, 11) is 0. The zero-order valence-electron chi connectivity index (χ0n) is 3.31. The van der Waals surface area contributed by atoms with E-state index in [-0.39, 0.29) is 0 Å². The molecule has 7 heavy (non-hydrogen) atoms. The Balaban J connectivity index is 3.12. The monoisotopic (exact) mass is 133 g/mol. The van der Waals surface area contributed by atoms with Crippen molar-refractivity contribution < 1.29 is 0 Å². The SMILES string of the molecule is Sc1nncn1S. The maximum absolute atomic E-state index is 3.86. The van der Waals surface area contributed by atoms with E-state index < -0.39 is 0 Å². The molecule has 0 fully saturated rings. The fourth-order valence-corrected chi connectivity index (χ4v) is 0.413. The Morgan fingerprint density at radius 2 is 2.43 bits per heavy atom. The lowest BCUT2D eigenvalue weighted by molar-refractivity contribution is 0.962. The minimum absolute atomic E-state index is 0.503. The lowest BCUT2D eigenvalue weighted by Gasteiger charge is -1.81. The van der Waals surface area contributed by atoms with Gasteiger partial charge in [0.15, 0.2) is 5.16 Å². The first-order valence-corrected chi connectivity index (χ1v) is 2.43. The summed E-state index contributed by atoms with van der Waals surface area (Å²) in [6, 6.07) is 0. The predicted octanol–water partition coefficient (Wildman–Crippen LogP) is 0.260. The minimum Gasteiger partial charge on any atom is -0.252 e. The standard InChI is InChI=1S/C2H3N3S2/c6-2-4-3-1-5(2)7/h1,7H,(H,4,6). The van der Waals surface area contributed by atoms with Gasteiger partial charge < -0.3 is 0 Å². The second-order valence-electron chi connectivity index (χ2n) is 0.976. The van der Waals surface area contributed by atoms with Gasteiger partial charge in [-0.05, 0) is 0 Å². The van der Waals surface area contributed by atoms with Gasteiger partial charge in [-0.1, -0.05) is 12.8 Å². The largest absolute Gasteiger partial charge is 0.252 e. The first-order valence-electron chi connectivity index (χ1n) is 1.59. The van der Waals surface area contributed by atoms with Gasteiger partial charge in [-0.15, -0.1) is 22.8 Å². The molecular weight excluding hydrogens is 130 g/mol. The van der Waals surface area contributed by atoms with E-state index in [0.29, 0.717) is 5.16 Å². The molecule has 0 aliphatic rings. The van der Waals surface area contributed by atoms with Gasteiger partial charge in [0.1, 0.15) is 6.33 Å². The fraction of sp³-hybridized carbons (Fsp3) is 0. The van der Waals surface area contributed by atoms with Crippen molar-refractivity contribution in [3.8, 4) is 0 Å². The Hall–Kier alpha value is -0.160. The van der Waals surface area contributed by atoms with Crippen molar-refractivity contribution in [2.45, 2.75) is 5.16 Å². The zero-order chi connectivity index (χ0) is 5.28. The molecule has 1 aromatic heterocycles. The number of thiol groups is 2. The van der Waals surface area contributed by atoms with Crippen molar-refractivity contribution in [1.29, 1.82) is 0 Å². The minimum atomic E-state index is 0.503. The van der Waals surface area contributed by atoms with Crippen LogP contribution in [0.4, 0.5) is 0 Å². The molecule has 0 aliphatic heterocycles. The van der Waals surface area contributed by atoms with E-state index >= 15 is 0 Å². The number of hydrogen-bond donors (Lipinski definition) is 2. The van der Waals surface area contributed by atoms with Crippen molar-refractivity contribution >= 4 is 25.4 Å². The van der Waals surface area contributed by atoms with Crippen molar-refractivity contribution in [3.05, 3.63) is 6.33 Å². The molecule has 1 aromatic rings. The quantitative estimate of drug-likeness (QED) is 0.497. The van der Waals surface area contributed by atoms with Gasteiger partial charge in [0, 0.05) is 0 Å². The number of nitrogens with zero attached hydrogens (tertiary/aromatic N) is 3. The molecule has 0 N–H and O–H groups in total. The third-order valence-electron chi connectivity index (χ3n) is 0.513. The van der Waals surface area contributed by atoms with Gasteiger partial charge in [-0.25, -0.2) is 0 Å². The maximum atomic E-state index is 3.86. The summed E-state index contributed by atoms with van der Waals surface area (Å²) in [5.41, 5.74) is 0. The average Bonchev–Trinajstić information content (AvgIpc) is 1.91. The summed E-state index contributed by atoms with van der Waals surface area (Å²) in [5.74, 6) is 0. The summed E-state index contributed by atoms with van der Waals surface area (Å²) < 4.78 is 1.42. The second kappa shape index (κ2) is 1.75. The smallest absolute Gasteiger partial charge is 0.197 e. The first-order chi connectivity index (χ1) is 3.30. The lowest BCUT2D eigenvalue weighted by atomic mass is 11.3. The van der Waals surface area contributed by atoms with Gasteiger partial charge in [0.05, 0.1) is 0 Å². The van der Waals surface area contributed by atoms with Crippen LogP contribution in [0.15, 0.2) is 11.5 Å². The molecule has 0 unspecified atom stereocenters. The molecule has 0 bridgehead atoms. The van der Waals surface area contributed by atoms with E-state index in [1.54, 1.807) is 0 Å². The van der Waals surface area contributed by atoms with E-state index in [1.165, 1.54) is 10.3 Å². The van der Waals surface area contributed by atoms with Crippen LogP contribution in [0.25, 0.3) is 0 Å². The van der Waals surface area contributed by atoms with Crippen molar-refractivity contribution in [2.75, 3.05) is 0 Å². The fourth-order valence-electron chi connectivity index (χ4n) is 0.224. The van der Waals surface area contributed by atoms with E-state index in [0.717, 1.165) is 0 Å². The normalized spacial score (nSPS) is 9.43. The van der Waals surface area contributed by atoms with E-state index in [4.69, 9.17) is 0 Å². The van der Waals surface area contributed by atoms with Crippen molar-refractivity contribution in [2.24, 2.45) is 0 Å². The van der Waals surface area contributed by atoms with Crippen LogP contribution in [0.1, 0.15) is 0 Å². The summed E-state index contributed by atoms with van der Waals surface area (Å²) >= 11 is 7.73. The van der Waals surface area contributed by atoms with Gasteiger partial charge in [-0.2, -0.15) is 0 Å². The zero-order valence-corrected chi connectivity index (χ0v) is 5.10. The summed E-state index contributed by atoms with van der Waals surface area (Å²) in [5, 5.41) is 7.50. The Morgan fingerprint density at radius 3 is 2.57 bits per heavy atom. The van der Waals surface area contributed by atoms with Crippen LogP contribution in [0.3, 0.4) is 0 Å². The molecule has 0 spiro atoms. The number of hydrogen-bond acceptors (Lipinski definition) is 4. The Kier molecular flexibility index (Phi) is 1.25. The number of rotatable bonds is 0. The first kappa shape index (κ1) is 4.99. The van der Waals surface area contributed by atoms with Gasteiger partial charge in [0.2, 0.25) is 0 Å². The van der Waals surface area contributed by atoms with E-state index in [2.05, 4.69) is 35.6 Å². The molecule has 0 saturated heterocycles. The van der Waals surface area contributed by atoms with E-state index in [9.17, 15) is 0 Å². The van der Waals surface area contributed by atoms with Crippen LogP contribution < -0.4 is 0 Å². The van der Waals surface area contributed by atoms with Gasteiger partial charge in [-0.3, -0.25) is 3.97 Å². The van der Waals surface area contributed by atoms with Gasteiger partial charge in [0.25, 0.3) is 0 Å².